The fourth-order valence-electron chi connectivity index (χ4n) is 1.59. The van der Waals surface area contributed by atoms with Gasteiger partial charge < -0.3 is 4.74 Å². The molecule has 0 fully saturated rings. The first kappa shape index (κ1) is 16.2. The van der Waals surface area contributed by atoms with Crippen molar-refractivity contribution in [1.29, 1.82) is 0 Å². The van der Waals surface area contributed by atoms with Crippen molar-refractivity contribution in [1.82, 2.24) is 0 Å². The molecule has 0 aromatic heterocycles. The van der Waals surface area contributed by atoms with Crippen LogP contribution in [0.2, 0.25) is 0 Å². The van der Waals surface area contributed by atoms with Gasteiger partial charge in [0.05, 0.1) is 12.4 Å². The Morgan fingerprint density at radius 3 is 2.68 bits per heavy atom. The molecular weight excluding hydrogens is 291 g/mol. The maximum absolute atomic E-state index is 13.0. The summed E-state index contributed by atoms with van der Waals surface area (Å²) in [6.07, 6.45) is 1.19. The molecule has 1 atom stereocenters. The van der Waals surface area contributed by atoms with E-state index >= 15 is 0 Å². The van der Waals surface area contributed by atoms with E-state index in [-0.39, 0.29) is 17.5 Å². The van der Waals surface area contributed by atoms with Crippen LogP contribution in [0.15, 0.2) is 18.2 Å². The first-order chi connectivity index (χ1) is 8.78. The Morgan fingerprint density at radius 2 is 2.05 bits per heavy atom. The maximum atomic E-state index is 13.0. The van der Waals surface area contributed by atoms with Crippen molar-refractivity contribution in [3.8, 4) is 5.75 Å². The minimum absolute atomic E-state index is 0.0330. The summed E-state index contributed by atoms with van der Waals surface area (Å²) < 4.78 is 40.1. The van der Waals surface area contributed by atoms with Gasteiger partial charge in [-0.1, -0.05) is 13.0 Å². The molecule has 0 saturated heterocycles. The highest BCUT2D eigenvalue weighted by Gasteiger charge is 2.10. The van der Waals surface area contributed by atoms with Gasteiger partial charge in [0.15, 0.2) is 0 Å². The highest BCUT2D eigenvalue weighted by molar-refractivity contribution is 8.13. The molecule has 1 rings (SSSR count). The van der Waals surface area contributed by atoms with Gasteiger partial charge in [-0.15, -0.1) is 0 Å². The molecule has 1 aromatic carbocycles. The van der Waals surface area contributed by atoms with Crippen LogP contribution in [-0.2, 0) is 9.05 Å². The lowest BCUT2D eigenvalue weighted by molar-refractivity contribution is 0.279. The summed E-state index contributed by atoms with van der Waals surface area (Å²) in [6, 6.07) is 4.40. The lowest BCUT2D eigenvalue weighted by atomic mass is 10.1. The third-order valence-electron chi connectivity index (χ3n) is 2.87. The van der Waals surface area contributed by atoms with Crippen molar-refractivity contribution in [3.63, 3.8) is 0 Å². The molecule has 3 nitrogen and oxygen atoms in total. The number of hydrogen-bond acceptors (Lipinski definition) is 3. The quantitative estimate of drug-likeness (QED) is 0.724. The molecule has 0 aliphatic rings. The zero-order chi connectivity index (χ0) is 14.5. The number of hydrogen-bond donors (Lipinski definition) is 0. The molecular formula is C13H18ClFO3S. The monoisotopic (exact) mass is 308 g/mol. The summed E-state index contributed by atoms with van der Waals surface area (Å²) in [5.74, 6) is 0.343. The van der Waals surface area contributed by atoms with E-state index in [4.69, 9.17) is 15.4 Å². The van der Waals surface area contributed by atoms with Crippen molar-refractivity contribution in [2.75, 3.05) is 12.4 Å². The van der Waals surface area contributed by atoms with Crippen LogP contribution in [0, 0.1) is 18.7 Å². The molecule has 6 heteroatoms. The molecule has 0 radical (unpaired) electrons. The third kappa shape index (κ3) is 6.78. The normalized spacial score (nSPS) is 13.3. The van der Waals surface area contributed by atoms with Crippen molar-refractivity contribution in [3.05, 3.63) is 29.6 Å². The summed E-state index contributed by atoms with van der Waals surface area (Å²) in [5.41, 5.74) is 0.873. The standard InChI is InChI=1S/C13H18ClFO3S/c1-10(6-8-19(14,16)17)5-7-18-13-9-12(15)4-3-11(13)2/h3-4,9-10H,5-8H2,1-2H3. The highest BCUT2D eigenvalue weighted by atomic mass is 35.7. The van der Waals surface area contributed by atoms with Gasteiger partial charge in [0.25, 0.3) is 0 Å². The first-order valence-corrected chi connectivity index (χ1v) is 8.57. The zero-order valence-corrected chi connectivity index (χ0v) is 12.6. The van der Waals surface area contributed by atoms with Crippen molar-refractivity contribution in [2.45, 2.75) is 26.7 Å². The lowest BCUT2D eigenvalue weighted by Crippen LogP contribution is -2.09. The van der Waals surface area contributed by atoms with Gasteiger partial charge in [0.2, 0.25) is 9.05 Å². The van der Waals surface area contributed by atoms with Gasteiger partial charge >= 0.3 is 0 Å². The predicted molar refractivity (Wildman–Crippen MR) is 74.7 cm³/mol. The van der Waals surface area contributed by atoms with E-state index in [1.807, 2.05) is 13.8 Å². The minimum Gasteiger partial charge on any atom is -0.493 e. The van der Waals surface area contributed by atoms with E-state index in [1.54, 1.807) is 6.07 Å². The molecule has 0 saturated carbocycles. The van der Waals surface area contributed by atoms with Crippen molar-refractivity contribution >= 4 is 19.7 Å². The second-order valence-electron chi connectivity index (χ2n) is 4.68. The molecule has 19 heavy (non-hydrogen) atoms. The topological polar surface area (TPSA) is 43.4 Å². The number of benzene rings is 1. The minimum atomic E-state index is -3.43. The highest BCUT2D eigenvalue weighted by Crippen LogP contribution is 2.20. The number of ether oxygens (including phenoxy) is 1. The van der Waals surface area contributed by atoms with Gasteiger partial charge in [-0.05, 0) is 37.3 Å². The molecule has 0 heterocycles. The summed E-state index contributed by atoms with van der Waals surface area (Å²) >= 11 is 0. The third-order valence-corrected chi connectivity index (χ3v) is 4.06. The molecule has 0 N–H and O–H groups in total. The second kappa shape index (κ2) is 7.10. The number of rotatable bonds is 7. The van der Waals surface area contributed by atoms with E-state index in [0.717, 1.165) is 5.56 Å². The smallest absolute Gasteiger partial charge is 0.232 e. The summed E-state index contributed by atoms with van der Waals surface area (Å²) in [7, 11) is 1.72. The van der Waals surface area contributed by atoms with Crippen LogP contribution in [0.25, 0.3) is 0 Å². The first-order valence-electron chi connectivity index (χ1n) is 6.09. The fourth-order valence-corrected chi connectivity index (χ4v) is 2.54. The van der Waals surface area contributed by atoms with Crippen LogP contribution in [0.4, 0.5) is 4.39 Å². The van der Waals surface area contributed by atoms with E-state index in [9.17, 15) is 12.8 Å². The van der Waals surface area contributed by atoms with Gasteiger partial charge in [0.1, 0.15) is 11.6 Å². The Morgan fingerprint density at radius 1 is 1.37 bits per heavy atom. The lowest BCUT2D eigenvalue weighted by Gasteiger charge is -2.12. The molecule has 0 aliphatic carbocycles. The Hall–Kier alpha value is -0.810. The molecule has 0 aliphatic heterocycles. The Labute approximate surface area is 118 Å². The van der Waals surface area contributed by atoms with Crippen molar-refractivity contribution in [2.24, 2.45) is 5.92 Å². The number of aryl methyl sites for hydroxylation is 1. The van der Waals surface area contributed by atoms with E-state index in [2.05, 4.69) is 0 Å². The molecule has 0 bridgehead atoms. The van der Waals surface area contributed by atoms with E-state index in [1.165, 1.54) is 12.1 Å². The molecule has 108 valence electrons. The van der Waals surface area contributed by atoms with Gasteiger partial charge in [-0.2, -0.15) is 0 Å². The van der Waals surface area contributed by atoms with Gasteiger partial charge in [-0.25, -0.2) is 12.8 Å². The zero-order valence-electron chi connectivity index (χ0n) is 11.0. The van der Waals surface area contributed by atoms with Crippen molar-refractivity contribution < 1.29 is 17.5 Å². The van der Waals surface area contributed by atoms with Crippen LogP contribution in [0.5, 0.6) is 5.75 Å². The largest absolute Gasteiger partial charge is 0.493 e. The molecule has 1 unspecified atom stereocenters. The van der Waals surface area contributed by atoms with Crippen LogP contribution in [-0.4, -0.2) is 20.8 Å². The van der Waals surface area contributed by atoms with E-state index < -0.39 is 9.05 Å². The molecule has 0 spiro atoms. The fraction of sp³-hybridized carbons (Fsp3) is 0.538. The van der Waals surface area contributed by atoms with Crippen LogP contribution in [0.1, 0.15) is 25.3 Å². The van der Waals surface area contributed by atoms with Gasteiger partial charge in [0, 0.05) is 16.7 Å². The Kier molecular flexibility index (Phi) is 6.07. The van der Waals surface area contributed by atoms with Crippen LogP contribution >= 0.6 is 10.7 Å². The maximum Gasteiger partial charge on any atom is 0.232 e. The van der Waals surface area contributed by atoms with Crippen LogP contribution < -0.4 is 4.74 Å². The van der Waals surface area contributed by atoms with E-state index in [0.29, 0.717) is 25.2 Å². The molecule has 0 amide bonds. The second-order valence-corrected chi connectivity index (χ2v) is 7.58. The summed E-state index contributed by atoms with van der Waals surface area (Å²) in [4.78, 5) is 0. The Bertz CT molecular complexity index is 517. The summed E-state index contributed by atoms with van der Waals surface area (Å²) in [6.45, 7) is 4.20. The van der Waals surface area contributed by atoms with Crippen LogP contribution in [0.3, 0.4) is 0 Å². The number of halogens is 2. The summed E-state index contributed by atoms with van der Waals surface area (Å²) in [5, 5.41) is 0. The molecule has 1 aromatic rings. The SMILES string of the molecule is Cc1ccc(F)cc1OCCC(C)CCS(=O)(=O)Cl. The average molecular weight is 309 g/mol. The average Bonchev–Trinajstić information content (AvgIpc) is 2.30. The van der Waals surface area contributed by atoms with Gasteiger partial charge in [-0.3, -0.25) is 0 Å². The Balaban J connectivity index is 2.35. The predicted octanol–water partition coefficient (Wildman–Crippen LogP) is 3.50.